The average Bonchev–Trinajstić information content (AvgIpc) is 3.25. The fraction of sp³-hybridized carbons (Fsp3) is 0.0455. The van der Waals surface area contributed by atoms with Crippen LogP contribution in [0.25, 0.3) is 22.8 Å². The molecule has 0 radical (unpaired) electrons. The van der Waals surface area contributed by atoms with Gasteiger partial charge in [0.05, 0.1) is 7.11 Å². The van der Waals surface area contributed by atoms with Crippen molar-refractivity contribution in [2.75, 3.05) is 12.4 Å². The summed E-state index contributed by atoms with van der Waals surface area (Å²) in [6.45, 7) is 0. The molecule has 7 heteroatoms. The highest BCUT2D eigenvalue weighted by Gasteiger charge is 2.12. The lowest BCUT2D eigenvalue weighted by molar-refractivity contribution is 0.102. The Balaban J connectivity index is 1.47. The van der Waals surface area contributed by atoms with Crippen LogP contribution in [0.1, 0.15) is 10.4 Å². The van der Waals surface area contributed by atoms with E-state index in [-0.39, 0.29) is 11.7 Å². The predicted octanol–water partition coefficient (Wildman–Crippen LogP) is 4.80. The van der Waals surface area contributed by atoms with Crippen molar-refractivity contribution in [3.05, 3.63) is 84.2 Å². The van der Waals surface area contributed by atoms with Crippen LogP contribution in [-0.2, 0) is 0 Å². The summed E-state index contributed by atoms with van der Waals surface area (Å²) >= 11 is 0. The fourth-order valence-electron chi connectivity index (χ4n) is 2.70. The van der Waals surface area contributed by atoms with Crippen molar-refractivity contribution >= 4 is 11.6 Å². The molecule has 3 aromatic carbocycles. The summed E-state index contributed by atoms with van der Waals surface area (Å²) < 4.78 is 23.4. The maximum atomic E-state index is 13.0. The molecule has 1 aromatic heterocycles. The van der Waals surface area contributed by atoms with Crippen LogP contribution >= 0.6 is 0 Å². The first-order valence-electron chi connectivity index (χ1n) is 8.78. The van der Waals surface area contributed by atoms with Crippen LogP contribution in [0.15, 0.2) is 77.3 Å². The number of carbonyl (C=O) groups is 1. The summed E-state index contributed by atoms with van der Waals surface area (Å²) in [5.74, 6) is 0.819. The Bertz CT molecular complexity index is 1120. The highest BCUT2D eigenvalue weighted by atomic mass is 19.1. The van der Waals surface area contributed by atoms with Gasteiger partial charge in [0.2, 0.25) is 5.82 Å². The van der Waals surface area contributed by atoms with E-state index in [0.29, 0.717) is 39.8 Å². The number of halogens is 1. The molecule has 0 aliphatic heterocycles. The molecule has 1 heterocycles. The number of hydrogen-bond donors (Lipinski definition) is 1. The Labute approximate surface area is 166 Å². The van der Waals surface area contributed by atoms with E-state index in [1.165, 1.54) is 12.1 Å². The molecule has 0 spiro atoms. The van der Waals surface area contributed by atoms with Crippen LogP contribution in [-0.4, -0.2) is 23.2 Å². The third kappa shape index (κ3) is 4.14. The van der Waals surface area contributed by atoms with E-state index in [1.54, 1.807) is 67.8 Å². The lowest BCUT2D eigenvalue weighted by Gasteiger charge is -2.06. The third-order valence-corrected chi connectivity index (χ3v) is 4.27. The van der Waals surface area contributed by atoms with Gasteiger partial charge in [-0.05, 0) is 72.8 Å². The number of carbonyl (C=O) groups excluding carboxylic acids is 1. The molecule has 0 aliphatic rings. The molecule has 29 heavy (non-hydrogen) atoms. The van der Waals surface area contributed by atoms with E-state index in [9.17, 15) is 9.18 Å². The molecule has 6 nitrogen and oxygen atoms in total. The van der Waals surface area contributed by atoms with E-state index in [4.69, 9.17) is 9.26 Å². The molecule has 0 aliphatic carbocycles. The second kappa shape index (κ2) is 7.93. The Hall–Kier alpha value is -4.00. The number of benzene rings is 3. The zero-order valence-corrected chi connectivity index (χ0v) is 15.4. The third-order valence-electron chi connectivity index (χ3n) is 4.27. The minimum atomic E-state index is -0.332. The normalized spacial score (nSPS) is 10.6. The average molecular weight is 389 g/mol. The summed E-state index contributed by atoms with van der Waals surface area (Å²) in [6, 6.07) is 19.7. The number of rotatable bonds is 5. The first-order valence-corrected chi connectivity index (χ1v) is 8.78. The highest BCUT2D eigenvalue weighted by molar-refractivity contribution is 6.04. The number of aromatic nitrogens is 2. The summed E-state index contributed by atoms with van der Waals surface area (Å²) in [7, 11) is 1.58. The van der Waals surface area contributed by atoms with Crippen LogP contribution < -0.4 is 10.1 Å². The maximum Gasteiger partial charge on any atom is 0.258 e. The molecule has 0 atom stereocenters. The highest BCUT2D eigenvalue weighted by Crippen LogP contribution is 2.23. The monoisotopic (exact) mass is 389 g/mol. The predicted molar refractivity (Wildman–Crippen MR) is 106 cm³/mol. The largest absolute Gasteiger partial charge is 0.497 e. The van der Waals surface area contributed by atoms with E-state index in [0.717, 1.165) is 0 Å². The van der Waals surface area contributed by atoms with E-state index >= 15 is 0 Å². The van der Waals surface area contributed by atoms with Gasteiger partial charge in [-0.2, -0.15) is 4.98 Å². The topological polar surface area (TPSA) is 77.2 Å². The van der Waals surface area contributed by atoms with Crippen LogP contribution in [0.4, 0.5) is 10.1 Å². The summed E-state index contributed by atoms with van der Waals surface area (Å²) in [6.07, 6.45) is 0. The van der Waals surface area contributed by atoms with Gasteiger partial charge in [-0.3, -0.25) is 4.79 Å². The molecular weight excluding hydrogens is 373 g/mol. The van der Waals surface area contributed by atoms with Crippen molar-refractivity contribution in [1.29, 1.82) is 0 Å². The number of anilines is 1. The number of ether oxygens (including phenoxy) is 1. The Morgan fingerprint density at radius 1 is 0.931 bits per heavy atom. The molecular formula is C22H16FN3O3. The van der Waals surface area contributed by atoms with Crippen LogP contribution in [0.5, 0.6) is 5.75 Å². The Kier molecular flexibility index (Phi) is 5.03. The Morgan fingerprint density at radius 3 is 2.24 bits per heavy atom. The molecule has 0 fully saturated rings. The van der Waals surface area contributed by atoms with Crippen LogP contribution in [0, 0.1) is 5.82 Å². The number of nitrogens with one attached hydrogen (secondary N) is 1. The number of nitrogens with zero attached hydrogens (tertiary/aromatic N) is 2. The van der Waals surface area contributed by atoms with Crippen molar-refractivity contribution in [3.8, 4) is 28.6 Å². The molecule has 4 rings (SSSR count). The number of amides is 1. The molecule has 0 bridgehead atoms. The smallest absolute Gasteiger partial charge is 0.258 e. The van der Waals surface area contributed by atoms with Crippen molar-refractivity contribution in [1.82, 2.24) is 10.1 Å². The van der Waals surface area contributed by atoms with Crippen molar-refractivity contribution in [3.63, 3.8) is 0 Å². The zero-order valence-electron chi connectivity index (χ0n) is 15.4. The minimum Gasteiger partial charge on any atom is -0.497 e. The van der Waals surface area contributed by atoms with Crippen molar-refractivity contribution < 1.29 is 18.4 Å². The molecule has 144 valence electrons. The second-order valence-corrected chi connectivity index (χ2v) is 6.19. The lowest BCUT2D eigenvalue weighted by Crippen LogP contribution is -2.11. The first kappa shape index (κ1) is 18.4. The number of hydrogen-bond acceptors (Lipinski definition) is 5. The van der Waals surface area contributed by atoms with Gasteiger partial charge in [0, 0.05) is 22.4 Å². The summed E-state index contributed by atoms with van der Waals surface area (Å²) in [5.41, 5.74) is 2.48. The van der Waals surface area contributed by atoms with E-state index in [2.05, 4.69) is 15.5 Å². The molecule has 1 N–H and O–H groups in total. The van der Waals surface area contributed by atoms with Gasteiger partial charge >= 0.3 is 0 Å². The quantitative estimate of drug-likeness (QED) is 0.530. The second-order valence-electron chi connectivity index (χ2n) is 6.19. The van der Waals surface area contributed by atoms with Crippen molar-refractivity contribution in [2.45, 2.75) is 0 Å². The Morgan fingerprint density at radius 2 is 1.59 bits per heavy atom. The summed E-state index contributed by atoms with van der Waals surface area (Å²) in [4.78, 5) is 16.7. The minimum absolute atomic E-state index is 0.237. The fourth-order valence-corrected chi connectivity index (χ4v) is 2.70. The van der Waals surface area contributed by atoms with Crippen molar-refractivity contribution in [2.24, 2.45) is 0 Å². The van der Waals surface area contributed by atoms with Gasteiger partial charge in [0.1, 0.15) is 11.6 Å². The van der Waals surface area contributed by atoms with Crippen LogP contribution in [0.3, 0.4) is 0 Å². The maximum absolute atomic E-state index is 13.0. The standard InChI is InChI=1S/C22H16FN3O3/c1-28-19-12-10-18(11-13-19)24-21(27)15-2-4-16(5-3-15)22-25-20(26-29-22)14-6-8-17(23)9-7-14/h2-13H,1H3,(H,24,27). The molecule has 4 aromatic rings. The van der Waals surface area contributed by atoms with E-state index < -0.39 is 0 Å². The van der Waals surface area contributed by atoms with Crippen LogP contribution in [0.2, 0.25) is 0 Å². The molecule has 0 unspecified atom stereocenters. The molecule has 1 amide bonds. The van der Waals surface area contributed by atoms with Gasteiger partial charge in [-0.15, -0.1) is 0 Å². The van der Waals surface area contributed by atoms with Gasteiger partial charge in [0.25, 0.3) is 11.8 Å². The van der Waals surface area contributed by atoms with Gasteiger partial charge in [-0.1, -0.05) is 5.16 Å². The zero-order chi connectivity index (χ0) is 20.2. The summed E-state index contributed by atoms with van der Waals surface area (Å²) in [5, 5.41) is 6.74. The molecule has 0 saturated heterocycles. The van der Waals surface area contributed by atoms with Gasteiger partial charge in [0.15, 0.2) is 0 Å². The van der Waals surface area contributed by atoms with Gasteiger partial charge < -0.3 is 14.6 Å². The lowest BCUT2D eigenvalue weighted by atomic mass is 10.1. The number of methoxy groups -OCH3 is 1. The van der Waals surface area contributed by atoms with Gasteiger partial charge in [-0.25, -0.2) is 4.39 Å². The first-order chi connectivity index (χ1) is 14.1. The molecule has 0 saturated carbocycles. The van der Waals surface area contributed by atoms with E-state index in [1.807, 2.05) is 0 Å². The SMILES string of the molecule is COc1ccc(NC(=O)c2ccc(-c3nc(-c4ccc(F)cc4)no3)cc2)cc1.